The Kier molecular flexibility index (Phi) is 3.48. The molecule has 0 radical (unpaired) electrons. The van der Waals surface area contributed by atoms with Gasteiger partial charge in [-0.15, -0.1) is 0 Å². The molecular weight excluding hydrogens is 310 g/mol. The number of hydrogen-bond donors (Lipinski definition) is 1. The lowest BCUT2D eigenvalue weighted by molar-refractivity contribution is -0.124. The molecule has 24 heavy (non-hydrogen) atoms. The molecule has 7 nitrogen and oxygen atoms in total. The second-order valence-electron chi connectivity index (χ2n) is 6.03. The third kappa shape index (κ3) is 2.73. The van der Waals surface area contributed by atoms with E-state index in [1.54, 1.807) is 19.1 Å². The largest absolute Gasteiger partial charge is 0.454 e. The summed E-state index contributed by atoms with van der Waals surface area (Å²) in [6.07, 6.45) is 2.00. The predicted molar refractivity (Wildman–Crippen MR) is 85.9 cm³/mol. The molecule has 0 spiro atoms. The van der Waals surface area contributed by atoms with Crippen LogP contribution < -0.4 is 20.3 Å². The Morgan fingerprint density at radius 3 is 2.83 bits per heavy atom. The SMILES string of the molecule is CC(C(=O)NC1CC1)n1nc(-c2ccc3c(c2)OCO3)ccc1=O. The number of aromatic nitrogens is 2. The Bertz CT molecular complexity index is 857. The quantitative estimate of drug-likeness (QED) is 0.920. The lowest BCUT2D eigenvalue weighted by Crippen LogP contribution is -2.37. The van der Waals surface area contributed by atoms with Crippen molar-refractivity contribution in [3.63, 3.8) is 0 Å². The maximum atomic E-state index is 12.2. The average Bonchev–Trinajstić information content (AvgIpc) is 3.27. The highest BCUT2D eigenvalue weighted by Crippen LogP contribution is 2.35. The van der Waals surface area contributed by atoms with Crippen molar-refractivity contribution < 1.29 is 14.3 Å². The van der Waals surface area contributed by atoms with E-state index in [1.165, 1.54) is 10.7 Å². The Labute approximate surface area is 138 Å². The van der Waals surface area contributed by atoms with Crippen LogP contribution in [-0.4, -0.2) is 28.5 Å². The maximum absolute atomic E-state index is 12.2. The zero-order chi connectivity index (χ0) is 16.7. The van der Waals surface area contributed by atoms with Gasteiger partial charge in [0.2, 0.25) is 12.7 Å². The van der Waals surface area contributed by atoms with Crippen molar-refractivity contribution >= 4 is 5.91 Å². The molecule has 2 aliphatic rings. The number of carbonyl (C=O) groups is 1. The van der Waals surface area contributed by atoms with E-state index >= 15 is 0 Å². The second kappa shape index (κ2) is 5.67. The molecule has 1 aromatic heterocycles. The fourth-order valence-corrected chi connectivity index (χ4v) is 2.57. The third-order valence-corrected chi connectivity index (χ3v) is 4.16. The molecule has 124 valence electrons. The third-order valence-electron chi connectivity index (χ3n) is 4.16. The zero-order valence-corrected chi connectivity index (χ0v) is 13.2. The van der Waals surface area contributed by atoms with Gasteiger partial charge in [0.25, 0.3) is 5.56 Å². The Hall–Kier alpha value is -2.83. The molecule has 1 unspecified atom stereocenters. The number of nitrogens with zero attached hydrogens (tertiary/aromatic N) is 2. The van der Waals surface area contributed by atoms with Gasteiger partial charge in [-0.25, -0.2) is 4.68 Å². The minimum absolute atomic E-state index is 0.185. The van der Waals surface area contributed by atoms with Gasteiger partial charge in [-0.05, 0) is 44.0 Å². The highest BCUT2D eigenvalue weighted by Gasteiger charge is 2.27. The number of hydrogen-bond acceptors (Lipinski definition) is 5. The lowest BCUT2D eigenvalue weighted by atomic mass is 10.1. The molecule has 7 heteroatoms. The zero-order valence-electron chi connectivity index (χ0n) is 13.2. The number of amides is 1. The molecule has 1 atom stereocenters. The second-order valence-corrected chi connectivity index (χ2v) is 6.03. The van der Waals surface area contributed by atoms with Gasteiger partial charge in [-0.1, -0.05) is 0 Å². The van der Waals surface area contributed by atoms with Crippen LogP contribution in [0.2, 0.25) is 0 Å². The molecule has 2 heterocycles. The maximum Gasteiger partial charge on any atom is 0.267 e. The molecule has 1 fully saturated rings. The Morgan fingerprint density at radius 1 is 1.25 bits per heavy atom. The topological polar surface area (TPSA) is 82.5 Å². The summed E-state index contributed by atoms with van der Waals surface area (Å²) >= 11 is 0. The Morgan fingerprint density at radius 2 is 2.04 bits per heavy atom. The molecule has 1 aromatic carbocycles. The fraction of sp³-hybridized carbons (Fsp3) is 0.353. The van der Waals surface area contributed by atoms with E-state index in [1.807, 2.05) is 12.1 Å². The summed E-state index contributed by atoms with van der Waals surface area (Å²) in [5.41, 5.74) is 1.08. The highest BCUT2D eigenvalue weighted by molar-refractivity contribution is 5.80. The van der Waals surface area contributed by atoms with Gasteiger partial charge in [0.15, 0.2) is 11.5 Å². The van der Waals surface area contributed by atoms with Crippen LogP contribution in [-0.2, 0) is 4.79 Å². The van der Waals surface area contributed by atoms with E-state index in [-0.39, 0.29) is 24.3 Å². The van der Waals surface area contributed by atoms with Crippen molar-refractivity contribution in [2.75, 3.05) is 6.79 Å². The van der Waals surface area contributed by atoms with Crippen molar-refractivity contribution in [2.45, 2.75) is 31.8 Å². The minimum atomic E-state index is -0.660. The van der Waals surface area contributed by atoms with Crippen molar-refractivity contribution in [3.05, 3.63) is 40.7 Å². The molecular formula is C17H17N3O4. The summed E-state index contributed by atoms with van der Waals surface area (Å²) in [5, 5.41) is 7.26. The number of fused-ring (bicyclic) bond motifs is 1. The molecule has 1 saturated carbocycles. The van der Waals surface area contributed by atoms with Gasteiger partial charge < -0.3 is 14.8 Å². The van der Waals surface area contributed by atoms with E-state index in [9.17, 15) is 9.59 Å². The summed E-state index contributed by atoms with van der Waals surface area (Å²) in [5.74, 6) is 1.14. The van der Waals surface area contributed by atoms with Crippen LogP contribution in [0.5, 0.6) is 11.5 Å². The molecule has 1 aliphatic carbocycles. The average molecular weight is 327 g/mol. The first-order chi connectivity index (χ1) is 11.6. The summed E-state index contributed by atoms with van der Waals surface area (Å²) in [4.78, 5) is 24.3. The van der Waals surface area contributed by atoms with Gasteiger partial charge in [0.05, 0.1) is 5.69 Å². The number of nitrogens with one attached hydrogen (secondary N) is 1. The fourth-order valence-electron chi connectivity index (χ4n) is 2.57. The van der Waals surface area contributed by atoms with Crippen LogP contribution in [0.1, 0.15) is 25.8 Å². The number of benzene rings is 1. The van der Waals surface area contributed by atoms with Crippen molar-refractivity contribution in [1.82, 2.24) is 15.1 Å². The van der Waals surface area contributed by atoms with Crippen LogP contribution in [0.3, 0.4) is 0 Å². The molecule has 4 rings (SSSR count). The summed E-state index contributed by atoms with van der Waals surface area (Å²) in [6.45, 7) is 1.87. The molecule has 0 saturated heterocycles. The van der Waals surface area contributed by atoms with E-state index in [0.717, 1.165) is 18.4 Å². The van der Waals surface area contributed by atoms with Crippen molar-refractivity contribution in [1.29, 1.82) is 0 Å². The van der Waals surface area contributed by atoms with Crippen LogP contribution in [0.25, 0.3) is 11.3 Å². The van der Waals surface area contributed by atoms with E-state index in [2.05, 4.69) is 10.4 Å². The minimum Gasteiger partial charge on any atom is -0.454 e. The van der Waals surface area contributed by atoms with Gasteiger partial charge in [0.1, 0.15) is 6.04 Å². The van der Waals surface area contributed by atoms with Crippen LogP contribution in [0.4, 0.5) is 0 Å². The van der Waals surface area contributed by atoms with Gasteiger partial charge in [-0.2, -0.15) is 5.10 Å². The highest BCUT2D eigenvalue weighted by atomic mass is 16.7. The van der Waals surface area contributed by atoms with Gasteiger partial charge >= 0.3 is 0 Å². The first-order valence-electron chi connectivity index (χ1n) is 7.92. The molecule has 1 aliphatic heterocycles. The summed E-state index contributed by atoms with van der Waals surface area (Å²) < 4.78 is 11.9. The number of ether oxygens (including phenoxy) is 2. The molecule has 1 amide bonds. The smallest absolute Gasteiger partial charge is 0.267 e. The van der Waals surface area contributed by atoms with E-state index < -0.39 is 6.04 Å². The van der Waals surface area contributed by atoms with E-state index in [0.29, 0.717) is 17.2 Å². The van der Waals surface area contributed by atoms with Crippen LogP contribution in [0.15, 0.2) is 35.1 Å². The first-order valence-corrected chi connectivity index (χ1v) is 7.92. The van der Waals surface area contributed by atoms with Gasteiger partial charge in [0, 0.05) is 17.7 Å². The lowest BCUT2D eigenvalue weighted by Gasteiger charge is -2.14. The van der Waals surface area contributed by atoms with E-state index in [4.69, 9.17) is 9.47 Å². The monoisotopic (exact) mass is 327 g/mol. The standard InChI is InChI=1S/C17H17N3O4/c1-10(17(22)18-12-3-4-12)20-16(21)7-5-13(19-20)11-2-6-14-15(8-11)24-9-23-14/h2,5-8,10,12H,3-4,9H2,1H3,(H,18,22). The molecule has 0 bridgehead atoms. The molecule has 2 aromatic rings. The van der Waals surface area contributed by atoms with Gasteiger partial charge in [-0.3, -0.25) is 9.59 Å². The van der Waals surface area contributed by atoms with Crippen molar-refractivity contribution in [3.8, 4) is 22.8 Å². The van der Waals surface area contributed by atoms with Crippen LogP contribution in [0, 0.1) is 0 Å². The number of rotatable bonds is 4. The normalized spacial score (nSPS) is 16.7. The summed E-state index contributed by atoms with van der Waals surface area (Å²) in [7, 11) is 0. The predicted octanol–water partition coefficient (Wildman–Crippen LogP) is 1.48. The molecule has 1 N–H and O–H groups in total. The Balaban J connectivity index is 1.65. The summed E-state index contributed by atoms with van der Waals surface area (Å²) in [6, 6.07) is 8.11. The number of carbonyl (C=O) groups excluding carboxylic acids is 1. The van der Waals surface area contributed by atoms with Crippen molar-refractivity contribution in [2.24, 2.45) is 0 Å². The first kappa shape index (κ1) is 14.7. The van der Waals surface area contributed by atoms with Crippen LogP contribution >= 0.6 is 0 Å².